The number of nitrogens with one attached hydrogen (secondary N) is 1. The van der Waals surface area contributed by atoms with Crippen LogP contribution in [0.5, 0.6) is 0 Å². The molecule has 1 fully saturated rings. The maximum Gasteiger partial charge on any atom is 0.264 e. The largest absolute Gasteiger partial charge is 0.288 e. The number of halogens is 1. The second-order valence-corrected chi connectivity index (χ2v) is 8.87. The highest BCUT2D eigenvalue weighted by atomic mass is 79.9. The zero-order valence-corrected chi connectivity index (χ0v) is 16.8. The molecular weight excluding hydrogens is 430 g/mol. The predicted octanol–water partition coefficient (Wildman–Crippen LogP) is 2.79. The highest BCUT2D eigenvalue weighted by molar-refractivity contribution is 9.10. The maximum atomic E-state index is 12.7. The molecule has 2 aromatic rings. The smallest absolute Gasteiger partial charge is 0.264 e. The number of carbonyl (C=O) groups excluding carboxylic acids is 1. The van der Waals surface area contributed by atoms with E-state index in [2.05, 4.69) is 20.7 Å². The number of likely N-dealkylation sites (tertiary alicyclic amines) is 1. The van der Waals surface area contributed by atoms with E-state index >= 15 is 0 Å². The maximum absolute atomic E-state index is 12.7. The summed E-state index contributed by atoms with van der Waals surface area (Å²) in [4.78, 5) is 14.5. The third-order valence-electron chi connectivity index (χ3n) is 4.50. The van der Waals surface area contributed by atoms with Crippen molar-refractivity contribution in [1.29, 1.82) is 5.26 Å². The Kier molecular flexibility index (Phi) is 5.95. The SMILES string of the molecule is N#Cc1cc(S(=O)(=O)NC(=O)[C@H]2CCCN2Cc2ccccc2)ccc1Br. The Morgan fingerprint density at radius 1 is 1.26 bits per heavy atom. The standard InChI is InChI=1S/C19H18BrN3O3S/c20-17-9-8-16(11-15(17)12-21)27(25,26)22-19(24)18-7-4-10-23(18)13-14-5-2-1-3-6-14/h1-3,5-6,8-9,11,18H,4,7,10,13H2,(H,22,24)/t18-/m1/s1. The molecule has 140 valence electrons. The molecule has 0 aliphatic carbocycles. The third-order valence-corrected chi connectivity index (χ3v) is 6.53. The fourth-order valence-corrected chi connectivity index (χ4v) is 4.52. The Balaban J connectivity index is 1.74. The minimum Gasteiger partial charge on any atom is -0.288 e. The summed E-state index contributed by atoms with van der Waals surface area (Å²) in [5.41, 5.74) is 1.27. The molecule has 6 nitrogen and oxygen atoms in total. The van der Waals surface area contributed by atoms with Gasteiger partial charge in [0, 0.05) is 11.0 Å². The lowest BCUT2D eigenvalue weighted by Crippen LogP contribution is -2.45. The minimum atomic E-state index is -4.04. The second kappa shape index (κ2) is 8.21. The van der Waals surface area contributed by atoms with Crippen molar-refractivity contribution in [1.82, 2.24) is 9.62 Å². The fourth-order valence-electron chi connectivity index (χ4n) is 3.15. The zero-order valence-electron chi connectivity index (χ0n) is 14.4. The van der Waals surface area contributed by atoms with Gasteiger partial charge in [0.15, 0.2) is 0 Å². The predicted molar refractivity (Wildman–Crippen MR) is 104 cm³/mol. The summed E-state index contributed by atoms with van der Waals surface area (Å²) in [6.07, 6.45) is 1.44. The van der Waals surface area contributed by atoms with E-state index < -0.39 is 22.0 Å². The summed E-state index contributed by atoms with van der Waals surface area (Å²) >= 11 is 3.19. The number of nitrogens with zero attached hydrogens (tertiary/aromatic N) is 2. The Morgan fingerprint density at radius 2 is 2.00 bits per heavy atom. The number of benzene rings is 2. The van der Waals surface area contributed by atoms with E-state index in [1.807, 2.05) is 41.3 Å². The number of amides is 1. The minimum absolute atomic E-state index is 0.108. The van der Waals surface area contributed by atoms with Crippen LogP contribution in [0.2, 0.25) is 0 Å². The van der Waals surface area contributed by atoms with Crippen LogP contribution >= 0.6 is 15.9 Å². The number of hydrogen-bond acceptors (Lipinski definition) is 5. The molecule has 8 heteroatoms. The Labute approximate surface area is 167 Å². The molecule has 1 atom stereocenters. The van der Waals surface area contributed by atoms with Crippen molar-refractivity contribution < 1.29 is 13.2 Å². The molecule has 1 aliphatic heterocycles. The van der Waals surface area contributed by atoms with E-state index in [1.165, 1.54) is 18.2 Å². The summed E-state index contributed by atoms with van der Waals surface area (Å²) in [6, 6.07) is 15.3. The number of rotatable bonds is 5. The van der Waals surface area contributed by atoms with Crippen LogP contribution in [0, 0.1) is 11.3 Å². The van der Waals surface area contributed by atoms with Gasteiger partial charge >= 0.3 is 0 Å². The van der Waals surface area contributed by atoms with Crippen molar-refractivity contribution in [2.75, 3.05) is 6.54 Å². The van der Waals surface area contributed by atoms with Crippen LogP contribution in [0.3, 0.4) is 0 Å². The van der Waals surface area contributed by atoms with Gasteiger partial charge in [0.25, 0.3) is 15.9 Å². The molecule has 0 unspecified atom stereocenters. The van der Waals surface area contributed by atoms with Gasteiger partial charge in [0.05, 0.1) is 16.5 Å². The first kappa shape index (κ1) is 19.5. The summed E-state index contributed by atoms with van der Waals surface area (Å²) in [5, 5.41) is 9.07. The summed E-state index contributed by atoms with van der Waals surface area (Å²) in [7, 11) is -4.04. The first-order valence-corrected chi connectivity index (χ1v) is 10.7. The Hall–Kier alpha value is -2.21. The molecule has 0 spiro atoms. The fraction of sp³-hybridized carbons (Fsp3) is 0.263. The van der Waals surface area contributed by atoms with Gasteiger partial charge in [-0.1, -0.05) is 30.3 Å². The first-order valence-electron chi connectivity index (χ1n) is 8.45. The normalized spacial score (nSPS) is 17.4. The summed E-state index contributed by atoms with van der Waals surface area (Å²) in [6.45, 7) is 1.33. The van der Waals surface area contributed by atoms with Gasteiger partial charge in [-0.15, -0.1) is 0 Å². The van der Waals surface area contributed by atoms with Crippen molar-refractivity contribution in [3.63, 3.8) is 0 Å². The molecule has 27 heavy (non-hydrogen) atoms. The lowest BCUT2D eigenvalue weighted by Gasteiger charge is -2.23. The van der Waals surface area contributed by atoms with Crippen molar-refractivity contribution >= 4 is 31.9 Å². The Bertz CT molecular complexity index is 987. The lowest BCUT2D eigenvalue weighted by atomic mass is 10.2. The van der Waals surface area contributed by atoms with Crippen LogP contribution in [-0.2, 0) is 21.4 Å². The molecule has 1 saturated heterocycles. The van der Waals surface area contributed by atoms with E-state index in [1.54, 1.807) is 0 Å². The van der Waals surface area contributed by atoms with Crippen LogP contribution in [0.25, 0.3) is 0 Å². The van der Waals surface area contributed by atoms with E-state index in [-0.39, 0.29) is 10.5 Å². The second-order valence-electron chi connectivity index (χ2n) is 6.34. The van der Waals surface area contributed by atoms with Gasteiger partial charge in [-0.05, 0) is 59.1 Å². The van der Waals surface area contributed by atoms with Gasteiger partial charge in [-0.2, -0.15) is 5.26 Å². The number of carbonyl (C=O) groups is 1. The van der Waals surface area contributed by atoms with Gasteiger partial charge in [-0.25, -0.2) is 13.1 Å². The van der Waals surface area contributed by atoms with Crippen LogP contribution in [-0.4, -0.2) is 31.8 Å². The molecule has 1 aliphatic rings. The van der Waals surface area contributed by atoms with Crippen LogP contribution in [0.1, 0.15) is 24.0 Å². The molecule has 3 rings (SSSR count). The van der Waals surface area contributed by atoms with Crippen LogP contribution in [0.4, 0.5) is 0 Å². The molecule has 1 N–H and O–H groups in total. The quantitative estimate of drug-likeness (QED) is 0.760. The molecule has 0 aromatic heterocycles. The van der Waals surface area contributed by atoms with Crippen molar-refractivity contribution in [2.24, 2.45) is 0 Å². The molecular formula is C19H18BrN3O3S. The molecule has 0 saturated carbocycles. The third kappa shape index (κ3) is 4.56. The van der Waals surface area contributed by atoms with E-state index in [0.717, 1.165) is 18.5 Å². The molecule has 1 heterocycles. The van der Waals surface area contributed by atoms with Gasteiger partial charge in [-0.3, -0.25) is 9.69 Å². The highest BCUT2D eigenvalue weighted by Crippen LogP contribution is 2.23. The molecule has 1 amide bonds. The number of sulfonamides is 1. The van der Waals surface area contributed by atoms with Gasteiger partial charge < -0.3 is 0 Å². The molecule has 0 radical (unpaired) electrons. The summed E-state index contributed by atoms with van der Waals surface area (Å²) < 4.78 is 27.8. The number of nitriles is 1. The average Bonchev–Trinajstić information content (AvgIpc) is 3.10. The van der Waals surface area contributed by atoms with Gasteiger partial charge in [0.2, 0.25) is 0 Å². The zero-order chi connectivity index (χ0) is 19.4. The molecule has 0 bridgehead atoms. The van der Waals surface area contributed by atoms with E-state index in [0.29, 0.717) is 17.4 Å². The van der Waals surface area contributed by atoms with Crippen molar-refractivity contribution in [3.8, 4) is 6.07 Å². The van der Waals surface area contributed by atoms with Gasteiger partial charge in [0.1, 0.15) is 6.07 Å². The first-order chi connectivity index (χ1) is 12.9. The molecule has 2 aromatic carbocycles. The van der Waals surface area contributed by atoms with Crippen LogP contribution < -0.4 is 4.72 Å². The lowest BCUT2D eigenvalue weighted by molar-refractivity contribution is -0.123. The number of hydrogen-bond donors (Lipinski definition) is 1. The van der Waals surface area contributed by atoms with E-state index in [9.17, 15) is 13.2 Å². The topological polar surface area (TPSA) is 90.3 Å². The van der Waals surface area contributed by atoms with Crippen molar-refractivity contribution in [2.45, 2.75) is 30.3 Å². The monoisotopic (exact) mass is 447 g/mol. The van der Waals surface area contributed by atoms with Crippen LogP contribution in [0.15, 0.2) is 57.9 Å². The van der Waals surface area contributed by atoms with E-state index in [4.69, 9.17) is 5.26 Å². The highest BCUT2D eigenvalue weighted by Gasteiger charge is 2.33. The van der Waals surface area contributed by atoms with Crippen molar-refractivity contribution in [3.05, 3.63) is 64.1 Å². The Morgan fingerprint density at radius 3 is 2.70 bits per heavy atom. The summed E-state index contributed by atoms with van der Waals surface area (Å²) in [5.74, 6) is -0.537. The average molecular weight is 448 g/mol.